The number of rotatable bonds is 6. The minimum atomic E-state index is -0.102. The molecule has 0 aliphatic carbocycles. The molecule has 0 bridgehead atoms. The van der Waals surface area contributed by atoms with Crippen LogP contribution in [0.5, 0.6) is 0 Å². The Balaban J connectivity index is 2.52. The van der Waals surface area contributed by atoms with E-state index in [0.717, 1.165) is 0 Å². The summed E-state index contributed by atoms with van der Waals surface area (Å²) < 4.78 is 0. The summed E-state index contributed by atoms with van der Waals surface area (Å²) in [7, 11) is 1.72. The number of amides is 1. The lowest BCUT2D eigenvalue weighted by Gasteiger charge is -2.16. The summed E-state index contributed by atoms with van der Waals surface area (Å²) in [5.41, 5.74) is 1.06. The molecule has 0 fully saturated rings. The van der Waals surface area contributed by atoms with Crippen LogP contribution in [-0.2, 0) is 4.79 Å². The van der Waals surface area contributed by atoms with Crippen molar-refractivity contribution in [2.45, 2.75) is 19.9 Å². The van der Waals surface area contributed by atoms with E-state index in [4.69, 9.17) is 5.26 Å². The van der Waals surface area contributed by atoms with E-state index in [0.29, 0.717) is 11.1 Å². The Labute approximate surface area is 119 Å². The first-order valence-corrected chi connectivity index (χ1v) is 6.43. The van der Waals surface area contributed by atoms with E-state index in [-0.39, 0.29) is 30.8 Å². The van der Waals surface area contributed by atoms with Crippen LogP contribution in [0.25, 0.3) is 0 Å². The fraction of sp³-hybridized carbons (Fsp3) is 0.400. The zero-order valence-electron chi connectivity index (χ0n) is 12.0. The maximum atomic E-state index is 12.0. The van der Waals surface area contributed by atoms with Crippen LogP contribution in [0.1, 0.15) is 29.8 Å². The molecule has 1 amide bonds. The molecule has 1 aromatic rings. The Morgan fingerprint density at radius 3 is 2.35 bits per heavy atom. The van der Waals surface area contributed by atoms with E-state index in [9.17, 15) is 9.59 Å². The highest BCUT2D eigenvalue weighted by atomic mass is 16.2. The lowest BCUT2D eigenvalue weighted by Crippen LogP contribution is -2.40. The summed E-state index contributed by atoms with van der Waals surface area (Å²) in [6.45, 7) is 4.12. The molecule has 0 heterocycles. The van der Waals surface area contributed by atoms with Gasteiger partial charge in [0.15, 0.2) is 5.78 Å². The summed E-state index contributed by atoms with van der Waals surface area (Å²) in [5.74, 6) is -0.176. The smallest absolute Gasteiger partial charge is 0.234 e. The van der Waals surface area contributed by atoms with Gasteiger partial charge in [-0.05, 0) is 33.0 Å². The van der Waals surface area contributed by atoms with Gasteiger partial charge in [-0.15, -0.1) is 0 Å². The van der Waals surface area contributed by atoms with Gasteiger partial charge < -0.3 is 5.32 Å². The molecule has 0 aliphatic rings. The minimum Gasteiger partial charge on any atom is -0.353 e. The average molecular weight is 273 g/mol. The fourth-order valence-electron chi connectivity index (χ4n) is 1.74. The van der Waals surface area contributed by atoms with Crippen LogP contribution in [-0.4, -0.2) is 42.8 Å². The maximum absolute atomic E-state index is 12.0. The van der Waals surface area contributed by atoms with Crippen molar-refractivity contribution in [3.05, 3.63) is 35.4 Å². The molecule has 106 valence electrons. The molecule has 0 saturated carbocycles. The van der Waals surface area contributed by atoms with Crippen molar-refractivity contribution in [1.82, 2.24) is 10.2 Å². The third-order valence-electron chi connectivity index (χ3n) is 2.61. The van der Waals surface area contributed by atoms with Crippen LogP contribution in [0.4, 0.5) is 0 Å². The Morgan fingerprint density at radius 1 is 1.25 bits per heavy atom. The standard InChI is InChI=1S/C15H19N3O2/c1-11(2)17-15(20)10-18(3)9-14(19)13-6-4-12(8-16)5-7-13/h4-7,11H,9-10H2,1-3H3,(H,17,20). The number of carbonyl (C=O) groups excluding carboxylic acids is 2. The number of Topliss-reactive ketones (excluding diaryl/α,β-unsaturated/α-hetero) is 1. The van der Waals surface area contributed by atoms with Crippen LogP contribution >= 0.6 is 0 Å². The Morgan fingerprint density at radius 2 is 1.85 bits per heavy atom. The summed E-state index contributed by atoms with van der Waals surface area (Å²) in [6, 6.07) is 8.57. The van der Waals surface area contributed by atoms with Gasteiger partial charge in [-0.1, -0.05) is 12.1 Å². The van der Waals surface area contributed by atoms with Gasteiger partial charge in [0.1, 0.15) is 0 Å². The molecule has 0 atom stereocenters. The normalized spacial score (nSPS) is 10.4. The first kappa shape index (κ1) is 15.9. The third-order valence-corrected chi connectivity index (χ3v) is 2.61. The molecule has 1 aromatic carbocycles. The summed E-state index contributed by atoms with van der Waals surface area (Å²) in [6.07, 6.45) is 0. The molecule has 20 heavy (non-hydrogen) atoms. The van der Waals surface area contributed by atoms with Crippen molar-refractivity contribution in [3.63, 3.8) is 0 Å². The number of hydrogen-bond donors (Lipinski definition) is 1. The van der Waals surface area contributed by atoms with Crippen LogP contribution in [0.2, 0.25) is 0 Å². The van der Waals surface area contributed by atoms with Gasteiger partial charge >= 0.3 is 0 Å². The highest BCUT2D eigenvalue weighted by Gasteiger charge is 2.12. The van der Waals surface area contributed by atoms with Crippen molar-refractivity contribution in [2.75, 3.05) is 20.1 Å². The van der Waals surface area contributed by atoms with Crippen molar-refractivity contribution in [2.24, 2.45) is 0 Å². The number of hydrogen-bond acceptors (Lipinski definition) is 4. The number of nitriles is 1. The predicted molar refractivity (Wildman–Crippen MR) is 76.3 cm³/mol. The number of likely N-dealkylation sites (N-methyl/N-ethyl adjacent to an activating group) is 1. The van der Waals surface area contributed by atoms with E-state index in [1.165, 1.54) is 0 Å². The van der Waals surface area contributed by atoms with Gasteiger partial charge in [0.25, 0.3) is 0 Å². The van der Waals surface area contributed by atoms with Crippen LogP contribution in [0.15, 0.2) is 24.3 Å². The predicted octanol–water partition coefficient (Wildman–Crippen LogP) is 1.20. The highest BCUT2D eigenvalue weighted by Crippen LogP contribution is 2.05. The maximum Gasteiger partial charge on any atom is 0.234 e. The molecule has 0 aromatic heterocycles. The molecule has 1 rings (SSSR count). The fourth-order valence-corrected chi connectivity index (χ4v) is 1.74. The number of carbonyl (C=O) groups is 2. The average Bonchev–Trinajstić information content (AvgIpc) is 2.37. The largest absolute Gasteiger partial charge is 0.353 e. The van der Waals surface area contributed by atoms with Gasteiger partial charge in [0.05, 0.1) is 24.7 Å². The molecule has 1 N–H and O–H groups in total. The summed E-state index contributed by atoms with van der Waals surface area (Å²) in [5, 5.41) is 11.5. The van der Waals surface area contributed by atoms with Crippen molar-refractivity contribution in [3.8, 4) is 6.07 Å². The molecule has 0 aliphatic heterocycles. The second kappa shape index (κ2) is 7.41. The molecule has 0 spiro atoms. The zero-order valence-corrected chi connectivity index (χ0v) is 12.0. The SMILES string of the molecule is CC(C)NC(=O)CN(C)CC(=O)c1ccc(C#N)cc1. The minimum absolute atomic E-state index is 0.0747. The first-order valence-electron chi connectivity index (χ1n) is 6.43. The van der Waals surface area contributed by atoms with E-state index in [1.54, 1.807) is 36.2 Å². The first-order chi connectivity index (χ1) is 9.42. The van der Waals surface area contributed by atoms with E-state index >= 15 is 0 Å². The number of nitrogens with one attached hydrogen (secondary N) is 1. The van der Waals surface area contributed by atoms with Gasteiger partial charge in [0.2, 0.25) is 5.91 Å². The Kier molecular flexibility index (Phi) is 5.88. The van der Waals surface area contributed by atoms with Gasteiger partial charge in [-0.2, -0.15) is 5.26 Å². The second-order valence-electron chi connectivity index (χ2n) is 5.01. The molecule has 0 radical (unpaired) electrons. The second-order valence-corrected chi connectivity index (χ2v) is 5.01. The number of benzene rings is 1. The summed E-state index contributed by atoms with van der Waals surface area (Å²) in [4.78, 5) is 25.2. The molecular formula is C15H19N3O2. The lowest BCUT2D eigenvalue weighted by atomic mass is 10.1. The summed E-state index contributed by atoms with van der Waals surface area (Å²) >= 11 is 0. The number of ketones is 1. The molecule has 0 saturated heterocycles. The zero-order chi connectivity index (χ0) is 15.1. The molecular weight excluding hydrogens is 254 g/mol. The van der Waals surface area contributed by atoms with E-state index < -0.39 is 0 Å². The molecule has 5 heteroatoms. The van der Waals surface area contributed by atoms with E-state index in [2.05, 4.69) is 5.32 Å². The van der Waals surface area contributed by atoms with Crippen LogP contribution in [0, 0.1) is 11.3 Å². The monoisotopic (exact) mass is 273 g/mol. The molecule has 0 unspecified atom stereocenters. The Hall–Kier alpha value is -2.19. The van der Waals surface area contributed by atoms with Crippen molar-refractivity contribution in [1.29, 1.82) is 5.26 Å². The van der Waals surface area contributed by atoms with Crippen molar-refractivity contribution < 1.29 is 9.59 Å². The van der Waals surface area contributed by atoms with Crippen molar-refractivity contribution >= 4 is 11.7 Å². The van der Waals surface area contributed by atoms with Gasteiger partial charge in [-0.3, -0.25) is 14.5 Å². The number of nitrogens with zero attached hydrogens (tertiary/aromatic N) is 2. The topological polar surface area (TPSA) is 73.2 Å². The van der Waals surface area contributed by atoms with Crippen LogP contribution in [0.3, 0.4) is 0 Å². The quantitative estimate of drug-likeness (QED) is 0.790. The third kappa shape index (κ3) is 5.21. The molecule has 5 nitrogen and oxygen atoms in total. The lowest BCUT2D eigenvalue weighted by molar-refractivity contribution is -0.122. The Bertz CT molecular complexity index is 515. The van der Waals surface area contributed by atoms with E-state index in [1.807, 2.05) is 19.9 Å². The van der Waals surface area contributed by atoms with Crippen LogP contribution < -0.4 is 5.32 Å². The van der Waals surface area contributed by atoms with Gasteiger partial charge in [0, 0.05) is 11.6 Å². The highest BCUT2D eigenvalue weighted by molar-refractivity contribution is 5.97. The van der Waals surface area contributed by atoms with Gasteiger partial charge in [-0.25, -0.2) is 0 Å².